The third kappa shape index (κ3) is 1.89. The highest BCUT2D eigenvalue weighted by Gasteiger charge is 2.03. The number of hydrogen-bond acceptors (Lipinski definition) is 5. The molecule has 13 heavy (non-hydrogen) atoms. The highest BCUT2D eigenvalue weighted by molar-refractivity contribution is 7.98. The zero-order valence-corrected chi connectivity index (χ0v) is 7.86. The first-order valence-electron chi connectivity index (χ1n) is 3.72. The zero-order valence-electron chi connectivity index (χ0n) is 7.04. The molecule has 0 radical (unpaired) electrons. The van der Waals surface area contributed by atoms with Crippen molar-refractivity contribution in [2.75, 3.05) is 0 Å². The van der Waals surface area contributed by atoms with Crippen molar-refractivity contribution in [1.29, 1.82) is 0 Å². The third-order valence-corrected chi connectivity index (χ3v) is 2.55. The van der Waals surface area contributed by atoms with Gasteiger partial charge in [-0.3, -0.25) is 0 Å². The fraction of sp³-hybridized carbons (Fsp3) is 0.286. The molecule has 2 rings (SSSR count). The van der Waals surface area contributed by atoms with Crippen LogP contribution in [0.4, 0.5) is 0 Å². The lowest BCUT2D eigenvalue weighted by molar-refractivity contribution is 0.390. The molecule has 0 amide bonds. The lowest BCUT2D eigenvalue weighted by Crippen LogP contribution is -1.89. The maximum atomic E-state index is 4.85. The van der Waals surface area contributed by atoms with Gasteiger partial charge in [0.1, 0.15) is 0 Å². The molecule has 6 heteroatoms. The Labute approximate surface area is 79.2 Å². The van der Waals surface area contributed by atoms with E-state index in [1.807, 2.05) is 17.8 Å². The Kier molecular flexibility index (Phi) is 2.31. The van der Waals surface area contributed by atoms with Crippen LogP contribution in [0.3, 0.4) is 0 Å². The van der Waals surface area contributed by atoms with Crippen LogP contribution in [0.1, 0.15) is 5.89 Å². The van der Waals surface area contributed by atoms with Gasteiger partial charge >= 0.3 is 0 Å². The fourth-order valence-corrected chi connectivity index (χ4v) is 1.66. The molecule has 0 aliphatic rings. The summed E-state index contributed by atoms with van der Waals surface area (Å²) in [6.07, 6.45) is 5.06. The van der Waals surface area contributed by atoms with Gasteiger partial charge < -0.3 is 9.09 Å². The Bertz CT molecular complexity index is 370. The monoisotopic (exact) mass is 196 g/mol. The molecule has 0 fully saturated rings. The third-order valence-electron chi connectivity index (χ3n) is 1.51. The fourth-order valence-electron chi connectivity index (χ4n) is 0.877. The van der Waals surface area contributed by atoms with Gasteiger partial charge in [0.15, 0.2) is 11.5 Å². The van der Waals surface area contributed by atoms with Gasteiger partial charge in [-0.15, -0.1) is 0 Å². The summed E-state index contributed by atoms with van der Waals surface area (Å²) in [6.45, 7) is 0. The van der Waals surface area contributed by atoms with E-state index in [0.717, 1.165) is 5.16 Å². The Morgan fingerprint density at radius 3 is 3.08 bits per heavy atom. The number of aryl methyl sites for hydroxylation is 1. The molecule has 0 saturated carbocycles. The Morgan fingerprint density at radius 2 is 2.46 bits per heavy atom. The predicted molar refractivity (Wildman–Crippen MR) is 47.1 cm³/mol. The highest BCUT2D eigenvalue weighted by atomic mass is 32.2. The molecule has 2 aromatic heterocycles. The zero-order chi connectivity index (χ0) is 9.10. The van der Waals surface area contributed by atoms with Crippen molar-refractivity contribution < 1.29 is 4.52 Å². The summed E-state index contributed by atoms with van der Waals surface area (Å²) in [5, 5.41) is 4.46. The molecule has 0 aliphatic carbocycles. The van der Waals surface area contributed by atoms with Gasteiger partial charge in [-0.25, -0.2) is 4.98 Å². The van der Waals surface area contributed by atoms with E-state index >= 15 is 0 Å². The lowest BCUT2D eigenvalue weighted by Gasteiger charge is -1.96. The SMILES string of the molecule is Cn1ccnc1SCc1ncno1. The maximum absolute atomic E-state index is 4.85. The maximum Gasteiger partial charge on any atom is 0.236 e. The normalized spacial score (nSPS) is 10.5. The summed E-state index contributed by atoms with van der Waals surface area (Å²) in [5.74, 6) is 1.28. The predicted octanol–water partition coefficient (Wildman–Crippen LogP) is 1.10. The summed E-state index contributed by atoms with van der Waals surface area (Å²) >= 11 is 1.57. The van der Waals surface area contributed by atoms with E-state index in [9.17, 15) is 0 Å². The van der Waals surface area contributed by atoms with Gasteiger partial charge in [-0.2, -0.15) is 4.98 Å². The topological polar surface area (TPSA) is 56.7 Å². The van der Waals surface area contributed by atoms with E-state index in [1.54, 1.807) is 18.0 Å². The lowest BCUT2D eigenvalue weighted by atomic mass is 10.8. The molecular weight excluding hydrogens is 188 g/mol. The second kappa shape index (κ2) is 3.61. The molecular formula is C7H8N4OS. The average molecular weight is 196 g/mol. The molecule has 0 aliphatic heterocycles. The van der Waals surface area contributed by atoms with Gasteiger partial charge in [0, 0.05) is 19.4 Å². The second-order valence-electron chi connectivity index (χ2n) is 2.44. The van der Waals surface area contributed by atoms with Gasteiger partial charge in [-0.1, -0.05) is 16.9 Å². The molecule has 0 atom stereocenters. The molecule has 0 spiro atoms. The van der Waals surface area contributed by atoms with Crippen molar-refractivity contribution >= 4 is 11.8 Å². The van der Waals surface area contributed by atoms with Crippen molar-refractivity contribution in [2.45, 2.75) is 10.9 Å². The number of thioether (sulfide) groups is 1. The summed E-state index contributed by atoms with van der Waals surface area (Å²) in [6, 6.07) is 0. The minimum Gasteiger partial charge on any atom is -0.339 e. The van der Waals surface area contributed by atoms with Crippen LogP contribution in [0.5, 0.6) is 0 Å². The van der Waals surface area contributed by atoms with Crippen LogP contribution < -0.4 is 0 Å². The molecule has 5 nitrogen and oxygen atoms in total. The average Bonchev–Trinajstić information content (AvgIpc) is 2.72. The number of hydrogen-bond donors (Lipinski definition) is 0. The molecule has 0 bridgehead atoms. The molecule has 2 aromatic rings. The minimum absolute atomic E-state index is 0.619. The number of aromatic nitrogens is 4. The molecule has 0 aromatic carbocycles. The number of imidazole rings is 1. The first kappa shape index (κ1) is 8.31. The van der Waals surface area contributed by atoms with Gasteiger partial charge in [0.25, 0.3) is 0 Å². The number of rotatable bonds is 3. The Balaban J connectivity index is 1.97. The quantitative estimate of drug-likeness (QED) is 0.688. The molecule has 0 N–H and O–H groups in total. The van der Waals surface area contributed by atoms with Crippen molar-refractivity contribution in [2.24, 2.45) is 7.05 Å². The van der Waals surface area contributed by atoms with E-state index in [1.165, 1.54) is 6.33 Å². The summed E-state index contributed by atoms with van der Waals surface area (Å²) in [7, 11) is 1.95. The molecule has 0 saturated heterocycles. The largest absolute Gasteiger partial charge is 0.339 e. The smallest absolute Gasteiger partial charge is 0.236 e. The van der Waals surface area contributed by atoms with E-state index in [0.29, 0.717) is 11.6 Å². The minimum atomic E-state index is 0.619. The van der Waals surface area contributed by atoms with E-state index in [4.69, 9.17) is 4.52 Å². The van der Waals surface area contributed by atoms with Crippen LogP contribution >= 0.6 is 11.8 Å². The van der Waals surface area contributed by atoms with Crippen LogP contribution in [0.25, 0.3) is 0 Å². The Hall–Kier alpha value is -1.30. The summed E-state index contributed by atoms with van der Waals surface area (Å²) < 4.78 is 6.80. The number of nitrogens with zero attached hydrogens (tertiary/aromatic N) is 4. The van der Waals surface area contributed by atoms with Crippen molar-refractivity contribution in [3.05, 3.63) is 24.6 Å². The molecule has 68 valence electrons. The van der Waals surface area contributed by atoms with E-state index in [-0.39, 0.29) is 0 Å². The van der Waals surface area contributed by atoms with E-state index in [2.05, 4.69) is 15.1 Å². The molecule has 0 unspecified atom stereocenters. The van der Waals surface area contributed by atoms with E-state index < -0.39 is 0 Å². The highest BCUT2D eigenvalue weighted by Crippen LogP contribution is 2.18. The van der Waals surface area contributed by atoms with Gasteiger partial charge in [-0.05, 0) is 0 Å². The van der Waals surface area contributed by atoms with Crippen LogP contribution in [0, 0.1) is 0 Å². The van der Waals surface area contributed by atoms with Crippen molar-refractivity contribution in [3.63, 3.8) is 0 Å². The van der Waals surface area contributed by atoms with Crippen LogP contribution in [-0.4, -0.2) is 19.7 Å². The van der Waals surface area contributed by atoms with Crippen molar-refractivity contribution in [3.8, 4) is 0 Å². The van der Waals surface area contributed by atoms with Crippen molar-refractivity contribution in [1.82, 2.24) is 19.7 Å². The first-order chi connectivity index (χ1) is 6.36. The van der Waals surface area contributed by atoms with Crippen LogP contribution in [-0.2, 0) is 12.8 Å². The molecule has 2 heterocycles. The standard InChI is InChI=1S/C7H8N4OS/c1-11-3-2-8-7(11)13-4-6-9-5-10-12-6/h2-3,5H,4H2,1H3. The second-order valence-corrected chi connectivity index (χ2v) is 3.39. The van der Waals surface area contributed by atoms with Crippen LogP contribution in [0.2, 0.25) is 0 Å². The summed E-state index contributed by atoms with van der Waals surface area (Å²) in [4.78, 5) is 8.06. The van der Waals surface area contributed by atoms with Gasteiger partial charge in [0.05, 0.1) is 5.75 Å². The van der Waals surface area contributed by atoms with Crippen LogP contribution in [0.15, 0.2) is 28.4 Å². The first-order valence-corrected chi connectivity index (χ1v) is 4.70. The van der Waals surface area contributed by atoms with Gasteiger partial charge in [0.2, 0.25) is 5.89 Å². The Morgan fingerprint density at radius 1 is 1.54 bits per heavy atom. The summed E-state index contributed by atoms with van der Waals surface area (Å²) in [5.41, 5.74) is 0.